The van der Waals surface area contributed by atoms with Crippen molar-refractivity contribution >= 4 is 0 Å². The molecule has 0 fully saturated rings. The average molecular weight is 199 g/mol. The summed E-state index contributed by atoms with van der Waals surface area (Å²) < 4.78 is 0. The zero-order valence-electron chi connectivity index (χ0n) is 10.8. The van der Waals surface area contributed by atoms with Crippen molar-refractivity contribution in [2.24, 2.45) is 17.8 Å². The second-order valence-corrected chi connectivity index (χ2v) is 4.54. The van der Waals surface area contributed by atoms with E-state index in [1.165, 1.54) is 32.2 Å². The molecule has 0 aliphatic heterocycles. The van der Waals surface area contributed by atoms with Gasteiger partial charge in [-0.15, -0.1) is 0 Å². The van der Waals surface area contributed by atoms with E-state index < -0.39 is 0 Å². The van der Waals surface area contributed by atoms with Gasteiger partial charge in [0.1, 0.15) is 0 Å². The lowest BCUT2D eigenvalue weighted by Gasteiger charge is -2.29. The van der Waals surface area contributed by atoms with Crippen LogP contribution in [0.2, 0.25) is 0 Å². The smallest absolute Gasteiger partial charge is 0.00210 e. The molecule has 1 N–H and O–H groups in total. The molecule has 0 aliphatic rings. The summed E-state index contributed by atoms with van der Waals surface area (Å²) in [5, 5.41) is 3.32. The van der Waals surface area contributed by atoms with Crippen LogP contribution in [0.1, 0.15) is 53.4 Å². The molecule has 0 radical (unpaired) electrons. The Hall–Kier alpha value is -0.0400. The first-order valence-electron chi connectivity index (χ1n) is 6.35. The minimum Gasteiger partial charge on any atom is -0.319 e. The molecule has 1 heteroatoms. The van der Waals surface area contributed by atoms with E-state index >= 15 is 0 Å². The molecule has 3 unspecified atom stereocenters. The van der Waals surface area contributed by atoms with E-state index in [1.54, 1.807) is 0 Å². The highest BCUT2D eigenvalue weighted by Gasteiger charge is 2.21. The highest BCUT2D eigenvalue weighted by atomic mass is 14.8. The van der Waals surface area contributed by atoms with Gasteiger partial charge < -0.3 is 5.32 Å². The summed E-state index contributed by atoms with van der Waals surface area (Å²) in [6.07, 6.45) is 5.38. The molecule has 0 saturated carbocycles. The predicted molar refractivity (Wildman–Crippen MR) is 65.6 cm³/mol. The third-order valence-electron chi connectivity index (χ3n) is 3.66. The molecule has 0 saturated heterocycles. The molecular formula is C13H29N. The van der Waals surface area contributed by atoms with E-state index in [4.69, 9.17) is 0 Å². The number of rotatable bonds is 8. The van der Waals surface area contributed by atoms with Crippen LogP contribution in [-0.2, 0) is 0 Å². The van der Waals surface area contributed by atoms with Gasteiger partial charge in [0.05, 0.1) is 0 Å². The predicted octanol–water partition coefficient (Wildman–Crippen LogP) is 3.69. The van der Waals surface area contributed by atoms with Gasteiger partial charge in [0.25, 0.3) is 0 Å². The molecule has 14 heavy (non-hydrogen) atoms. The van der Waals surface area contributed by atoms with E-state index in [-0.39, 0.29) is 0 Å². The monoisotopic (exact) mass is 199 g/mol. The van der Waals surface area contributed by atoms with Crippen molar-refractivity contribution in [1.82, 2.24) is 5.32 Å². The van der Waals surface area contributed by atoms with Crippen LogP contribution in [0.15, 0.2) is 0 Å². The van der Waals surface area contributed by atoms with E-state index in [0.717, 1.165) is 17.8 Å². The zero-order chi connectivity index (χ0) is 11.0. The normalized spacial score (nSPS) is 17.8. The molecule has 0 heterocycles. The van der Waals surface area contributed by atoms with Crippen LogP contribution in [0, 0.1) is 17.8 Å². The van der Waals surface area contributed by atoms with Gasteiger partial charge in [-0.25, -0.2) is 0 Å². The summed E-state index contributed by atoms with van der Waals surface area (Å²) in [5.74, 6) is 2.66. The Morgan fingerprint density at radius 3 is 1.93 bits per heavy atom. The molecule has 86 valence electrons. The van der Waals surface area contributed by atoms with Crippen molar-refractivity contribution in [3.63, 3.8) is 0 Å². The summed E-state index contributed by atoms with van der Waals surface area (Å²) in [6, 6.07) is 0. The maximum absolute atomic E-state index is 3.32. The Labute approximate surface area is 90.7 Å². The van der Waals surface area contributed by atoms with Crippen LogP contribution in [0.3, 0.4) is 0 Å². The van der Waals surface area contributed by atoms with E-state index in [1.807, 2.05) is 0 Å². The highest BCUT2D eigenvalue weighted by molar-refractivity contribution is 4.73. The summed E-state index contributed by atoms with van der Waals surface area (Å²) in [7, 11) is 2.07. The van der Waals surface area contributed by atoms with Gasteiger partial charge in [0, 0.05) is 0 Å². The second kappa shape index (κ2) is 8.28. The topological polar surface area (TPSA) is 12.0 Å². The largest absolute Gasteiger partial charge is 0.319 e. The Bertz CT molecular complexity index is 108. The average Bonchev–Trinajstić information content (AvgIpc) is 2.21. The standard InChI is InChI=1S/C13H29N/c1-6-9-12(7-2)11(4)13(8-3)10-14-5/h11-14H,6-10H2,1-5H3. The minimum atomic E-state index is 0.858. The molecule has 0 spiro atoms. The van der Waals surface area contributed by atoms with Gasteiger partial charge in [-0.1, -0.05) is 53.4 Å². The van der Waals surface area contributed by atoms with Crippen molar-refractivity contribution in [3.05, 3.63) is 0 Å². The van der Waals surface area contributed by atoms with Crippen LogP contribution in [0.4, 0.5) is 0 Å². The number of hydrogen-bond acceptors (Lipinski definition) is 1. The minimum absolute atomic E-state index is 0.858. The molecule has 0 bridgehead atoms. The Morgan fingerprint density at radius 1 is 1.00 bits per heavy atom. The quantitative estimate of drug-likeness (QED) is 0.628. The first-order valence-corrected chi connectivity index (χ1v) is 6.35. The van der Waals surface area contributed by atoms with Gasteiger partial charge >= 0.3 is 0 Å². The molecule has 3 atom stereocenters. The second-order valence-electron chi connectivity index (χ2n) is 4.54. The maximum atomic E-state index is 3.32. The molecule has 0 aromatic heterocycles. The van der Waals surface area contributed by atoms with Crippen LogP contribution < -0.4 is 5.32 Å². The lowest BCUT2D eigenvalue weighted by molar-refractivity contribution is 0.218. The van der Waals surface area contributed by atoms with E-state index in [2.05, 4.69) is 40.1 Å². The van der Waals surface area contributed by atoms with Crippen molar-refractivity contribution in [2.75, 3.05) is 13.6 Å². The summed E-state index contributed by atoms with van der Waals surface area (Å²) in [6.45, 7) is 10.6. The Morgan fingerprint density at radius 2 is 1.57 bits per heavy atom. The van der Waals surface area contributed by atoms with Crippen molar-refractivity contribution in [1.29, 1.82) is 0 Å². The first kappa shape index (κ1) is 14.0. The van der Waals surface area contributed by atoms with Gasteiger partial charge in [0.2, 0.25) is 0 Å². The van der Waals surface area contributed by atoms with Crippen LogP contribution >= 0.6 is 0 Å². The molecule has 1 nitrogen and oxygen atoms in total. The van der Waals surface area contributed by atoms with Crippen LogP contribution in [0.25, 0.3) is 0 Å². The van der Waals surface area contributed by atoms with Crippen LogP contribution in [-0.4, -0.2) is 13.6 Å². The van der Waals surface area contributed by atoms with Crippen molar-refractivity contribution in [2.45, 2.75) is 53.4 Å². The SMILES string of the molecule is CCCC(CC)C(C)C(CC)CNC. The molecule has 0 amide bonds. The van der Waals surface area contributed by atoms with Gasteiger partial charge in [-0.05, 0) is 31.3 Å². The first-order chi connectivity index (χ1) is 6.71. The van der Waals surface area contributed by atoms with Gasteiger partial charge in [-0.3, -0.25) is 0 Å². The molecular weight excluding hydrogens is 170 g/mol. The van der Waals surface area contributed by atoms with Gasteiger partial charge in [0.15, 0.2) is 0 Å². The summed E-state index contributed by atoms with van der Waals surface area (Å²) in [5.41, 5.74) is 0. The van der Waals surface area contributed by atoms with Crippen LogP contribution in [0.5, 0.6) is 0 Å². The summed E-state index contributed by atoms with van der Waals surface area (Å²) >= 11 is 0. The molecule has 0 aromatic carbocycles. The lowest BCUT2D eigenvalue weighted by atomic mass is 9.78. The highest BCUT2D eigenvalue weighted by Crippen LogP contribution is 2.28. The Balaban J connectivity index is 4.13. The van der Waals surface area contributed by atoms with Crippen molar-refractivity contribution < 1.29 is 0 Å². The Kier molecular flexibility index (Phi) is 8.26. The fraction of sp³-hybridized carbons (Fsp3) is 1.00. The van der Waals surface area contributed by atoms with Crippen molar-refractivity contribution in [3.8, 4) is 0 Å². The third kappa shape index (κ3) is 4.45. The molecule has 0 aliphatic carbocycles. The summed E-state index contributed by atoms with van der Waals surface area (Å²) in [4.78, 5) is 0. The third-order valence-corrected chi connectivity index (χ3v) is 3.66. The lowest BCUT2D eigenvalue weighted by Crippen LogP contribution is -2.28. The molecule has 0 rings (SSSR count). The van der Waals surface area contributed by atoms with Gasteiger partial charge in [-0.2, -0.15) is 0 Å². The molecule has 0 aromatic rings. The fourth-order valence-electron chi connectivity index (χ4n) is 2.56. The zero-order valence-corrected chi connectivity index (χ0v) is 10.8. The fourth-order valence-corrected chi connectivity index (χ4v) is 2.56. The maximum Gasteiger partial charge on any atom is -0.00210 e. The van der Waals surface area contributed by atoms with E-state index in [9.17, 15) is 0 Å². The van der Waals surface area contributed by atoms with E-state index in [0.29, 0.717) is 0 Å². The number of hydrogen-bond donors (Lipinski definition) is 1. The number of nitrogens with one attached hydrogen (secondary N) is 1.